The number of aliphatic carboxylic acids is 2. The van der Waals surface area contributed by atoms with Crippen LogP contribution in [0, 0.1) is 13.8 Å². The maximum Gasteiger partial charge on any atom is 0.414 e. The Morgan fingerprint density at radius 3 is 2.13 bits per heavy atom. The van der Waals surface area contributed by atoms with Crippen molar-refractivity contribution < 1.29 is 29.3 Å². The van der Waals surface area contributed by atoms with Crippen molar-refractivity contribution in [1.29, 1.82) is 0 Å². The Balaban J connectivity index is 0.000000501. The highest BCUT2D eigenvalue weighted by atomic mass is 16.5. The molecular weight excluding hydrogens is 400 g/mol. The van der Waals surface area contributed by atoms with E-state index in [1.54, 1.807) is 14.2 Å². The summed E-state index contributed by atoms with van der Waals surface area (Å²) in [4.78, 5) is 23.2. The van der Waals surface area contributed by atoms with E-state index in [2.05, 4.69) is 47.9 Å². The van der Waals surface area contributed by atoms with Gasteiger partial charge >= 0.3 is 11.9 Å². The van der Waals surface area contributed by atoms with Crippen molar-refractivity contribution in [3.05, 3.63) is 53.1 Å². The minimum atomic E-state index is -1.82. The fraction of sp³-hybridized carbons (Fsp3) is 0.391. The summed E-state index contributed by atoms with van der Waals surface area (Å²) in [5.74, 6) is -1.92. The molecule has 1 heterocycles. The molecule has 8 nitrogen and oxygen atoms in total. The van der Waals surface area contributed by atoms with E-state index >= 15 is 0 Å². The summed E-state index contributed by atoms with van der Waals surface area (Å²) >= 11 is 0. The van der Waals surface area contributed by atoms with Gasteiger partial charge in [0.05, 0.1) is 14.2 Å². The average Bonchev–Trinajstić information content (AvgIpc) is 2.77. The molecule has 8 heteroatoms. The molecule has 2 N–H and O–H groups in total. The largest absolute Gasteiger partial charge is 0.497 e. The van der Waals surface area contributed by atoms with Gasteiger partial charge in [0.15, 0.2) is 0 Å². The highest BCUT2D eigenvalue weighted by Crippen LogP contribution is 2.27. The molecule has 0 unspecified atom stereocenters. The smallest absolute Gasteiger partial charge is 0.414 e. The fourth-order valence-electron chi connectivity index (χ4n) is 3.45. The lowest BCUT2D eigenvalue weighted by Crippen LogP contribution is -2.46. The van der Waals surface area contributed by atoms with Crippen LogP contribution in [0.1, 0.15) is 16.7 Å². The topological polar surface area (TPSA) is 99.5 Å². The second-order valence-electron chi connectivity index (χ2n) is 7.27. The molecule has 0 radical (unpaired) electrons. The fourth-order valence-corrected chi connectivity index (χ4v) is 3.45. The van der Waals surface area contributed by atoms with E-state index in [4.69, 9.17) is 29.3 Å². The molecule has 2 aromatic carbocycles. The summed E-state index contributed by atoms with van der Waals surface area (Å²) in [5, 5.41) is 14.8. The van der Waals surface area contributed by atoms with Gasteiger partial charge in [0.2, 0.25) is 0 Å². The number of nitrogens with zero attached hydrogens (tertiary/aromatic N) is 2. The van der Waals surface area contributed by atoms with Crippen LogP contribution in [0.4, 0.5) is 5.69 Å². The zero-order chi connectivity index (χ0) is 23.0. The van der Waals surface area contributed by atoms with Gasteiger partial charge in [-0.25, -0.2) is 9.59 Å². The van der Waals surface area contributed by atoms with Gasteiger partial charge in [-0.05, 0) is 37.1 Å². The van der Waals surface area contributed by atoms with Crippen LogP contribution in [-0.4, -0.2) is 67.5 Å². The number of carbonyl (C=O) groups is 2. The molecule has 0 atom stereocenters. The first-order chi connectivity index (χ1) is 14.8. The normalized spacial score (nSPS) is 13.7. The van der Waals surface area contributed by atoms with Crippen molar-refractivity contribution in [3.8, 4) is 11.5 Å². The number of aryl methyl sites for hydroxylation is 1. The summed E-state index contributed by atoms with van der Waals surface area (Å²) < 4.78 is 10.8. The molecule has 1 saturated heterocycles. The van der Waals surface area contributed by atoms with E-state index in [1.165, 1.54) is 22.4 Å². The number of piperazine rings is 1. The van der Waals surface area contributed by atoms with Crippen molar-refractivity contribution in [3.63, 3.8) is 0 Å². The van der Waals surface area contributed by atoms with Crippen LogP contribution < -0.4 is 14.4 Å². The monoisotopic (exact) mass is 430 g/mol. The Morgan fingerprint density at radius 1 is 0.935 bits per heavy atom. The highest BCUT2D eigenvalue weighted by molar-refractivity contribution is 6.27. The molecular formula is C23H30N2O6. The van der Waals surface area contributed by atoms with Gasteiger partial charge in [0, 0.05) is 50.0 Å². The highest BCUT2D eigenvalue weighted by Gasteiger charge is 2.20. The van der Waals surface area contributed by atoms with E-state index < -0.39 is 11.9 Å². The van der Waals surface area contributed by atoms with Crippen molar-refractivity contribution >= 4 is 17.6 Å². The van der Waals surface area contributed by atoms with Gasteiger partial charge in [-0.15, -0.1) is 0 Å². The van der Waals surface area contributed by atoms with Crippen LogP contribution in [0.2, 0.25) is 0 Å². The molecule has 168 valence electrons. The molecule has 1 fully saturated rings. The molecule has 0 aliphatic carbocycles. The lowest BCUT2D eigenvalue weighted by atomic mass is 10.1. The van der Waals surface area contributed by atoms with Gasteiger partial charge in [0.25, 0.3) is 0 Å². The van der Waals surface area contributed by atoms with E-state index in [1.807, 2.05) is 12.1 Å². The minimum absolute atomic E-state index is 0.834. The lowest BCUT2D eigenvalue weighted by Gasteiger charge is -2.37. The van der Waals surface area contributed by atoms with E-state index in [0.717, 1.165) is 44.2 Å². The number of hydrogen-bond acceptors (Lipinski definition) is 6. The summed E-state index contributed by atoms with van der Waals surface area (Å²) in [5.41, 5.74) is 5.35. The first kappa shape index (κ1) is 24.0. The summed E-state index contributed by atoms with van der Waals surface area (Å²) in [6.07, 6.45) is 0. The number of methoxy groups -OCH3 is 2. The van der Waals surface area contributed by atoms with E-state index in [9.17, 15) is 0 Å². The summed E-state index contributed by atoms with van der Waals surface area (Å²) in [6, 6.07) is 12.7. The van der Waals surface area contributed by atoms with Gasteiger partial charge in [0.1, 0.15) is 11.5 Å². The first-order valence-corrected chi connectivity index (χ1v) is 9.97. The Kier molecular flexibility index (Phi) is 8.69. The Hall–Kier alpha value is -3.26. The molecule has 1 aliphatic rings. The predicted octanol–water partition coefficient (Wildman–Crippen LogP) is 2.80. The zero-order valence-corrected chi connectivity index (χ0v) is 18.4. The van der Waals surface area contributed by atoms with Crippen molar-refractivity contribution in [1.82, 2.24) is 4.90 Å². The number of benzene rings is 2. The minimum Gasteiger partial charge on any atom is -0.497 e. The molecule has 0 spiro atoms. The molecule has 0 amide bonds. The van der Waals surface area contributed by atoms with E-state index in [0.29, 0.717) is 0 Å². The standard InChI is InChI=1S/C21H28N2O2.C2H2O4/c1-16-6-5-7-20(17(16)2)23-12-10-22(11-13-23)15-18-8-9-19(24-3)14-21(18)25-4;3-1(4)2(5)6/h5-9,14H,10-13,15H2,1-4H3;(H,3,4)(H,5,6). The second-order valence-corrected chi connectivity index (χ2v) is 7.27. The summed E-state index contributed by atoms with van der Waals surface area (Å²) in [6.45, 7) is 9.55. The number of carboxylic acid groups (broad SMARTS) is 2. The van der Waals surface area contributed by atoms with Crippen LogP contribution in [-0.2, 0) is 16.1 Å². The van der Waals surface area contributed by atoms with Crippen LogP contribution in [0.3, 0.4) is 0 Å². The first-order valence-electron chi connectivity index (χ1n) is 9.97. The Bertz CT molecular complexity index is 895. The van der Waals surface area contributed by atoms with Crippen molar-refractivity contribution in [2.45, 2.75) is 20.4 Å². The Labute approximate surface area is 182 Å². The second kappa shape index (κ2) is 11.2. The third-order valence-electron chi connectivity index (χ3n) is 5.36. The number of carboxylic acids is 2. The molecule has 1 aliphatic heterocycles. The molecule has 0 aromatic heterocycles. The number of rotatable bonds is 5. The molecule has 31 heavy (non-hydrogen) atoms. The zero-order valence-electron chi connectivity index (χ0n) is 18.4. The molecule has 2 aromatic rings. The van der Waals surface area contributed by atoms with E-state index in [-0.39, 0.29) is 0 Å². The van der Waals surface area contributed by atoms with Gasteiger partial charge in [-0.3, -0.25) is 4.90 Å². The van der Waals surface area contributed by atoms with Crippen LogP contribution in [0.5, 0.6) is 11.5 Å². The SMILES string of the molecule is COc1ccc(CN2CCN(c3cccc(C)c3C)CC2)c(OC)c1.O=C(O)C(=O)O. The van der Waals surface area contributed by atoms with Crippen molar-refractivity contribution in [2.75, 3.05) is 45.3 Å². The third kappa shape index (κ3) is 6.62. The van der Waals surface area contributed by atoms with Gasteiger partial charge < -0.3 is 24.6 Å². The maximum absolute atomic E-state index is 9.10. The quantitative estimate of drug-likeness (QED) is 0.699. The van der Waals surface area contributed by atoms with Crippen molar-refractivity contribution in [2.24, 2.45) is 0 Å². The maximum atomic E-state index is 9.10. The van der Waals surface area contributed by atoms with Crippen LogP contribution in [0.15, 0.2) is 36.4 Å². The molecule has 0 saturated carbocycles. The van der Waals surface area contributed by atoms with Gasteiger partial charge in [-0.1, -0.05) is 18.2 Å². The number of ether oxygens (including phenoxy) is 2. The van der Waals surface area contributed by atoms with Gasteiger partial charge in [-0.2, -0.15) is 0 Å². The predicted molar refractivity (Wildman–Crippen MR) is 118 cm³/mol. The molecule has 3 rings (SSSR count). The molecule has 0 bridgehead atoms. The third-order valence-corrected chi connectivity index (χ3v) is 5.36. The number of anilines is 1. The number of hydrogen-bond donors (Lipinski definition) is 2. The lowest BCUT2D eigenvalue weighted by molar-refractivity contribution is -0.159. The van der Waals surface area contributed by atoms with Crippen LogP contribution >= 0.6 is 0 Å². The Morgan fingerprint density at radius 2 is 1.58 bits per heavy atom. The average molecular weight is 431 g/mol. The summed E-state index contributed by atoms with van der Waals surface area (Å²) in [7, 11) is 3.40. The van der Waals surface area contributed by atoms with Crippen LogP contribution in [0.25, 0.3) is 0 Å².